The van der Waals surface area contributed by atoms with Crippen molar-refractivity contribution in [1.82, 2.24) is 10.2 Å². The SMILES string of the molecule is CC(C)(Cl)C(=O)Nc1nnc(SCc2ccccc2)s1. The Morgan fingerprint density at radius 1 is 1.35 bits per heavy atom. The highest BCUT2D eigenvalue weighted by atomic mass is 35.5. The summed E-state index contributed by atoms with van der Waals surface area (Å²) >= 11 is 8.86. The zero-order valence-electron chi connectivity index (χ0n) is 11.1. The molecule has 7 heteroatoms. The lowest BCUT2D eigenvalue weighted by molar-refractivity contribution is -0.117. The second kappa shape index (κ2) is 6.56. The molecule has 0 fully saturated rings. The second-order valence-corrected chi connectivity index (χ2v) is 7.72. The van der Waals surface area contributed by atoms with Gasteiger partial charge in [0.1, 0.15) is 4.87 Å². The third kappa shape index (κ3) is 4.47. The highest BCUT2D eigenvalue weighted by molar-refractivity contribution is 8.00. The van der Waals surface area contributed by atoms with Crippen molar-refractivity contribution < 1.29 is 4.79 Å². The van der Waals surface area contributed by atoms with Gasteiger partial charge in [-0.05, 0) is 19.4 Å². The normalized spacial score (nSPS) is 11.3. The fraction of sp³-hybridized carbons (Fsp3) is 0.308. The van der Waals surface area contributed by atoms with Crippen molar-refractivity contribution in [2.24, 2.45) is 0 Å². The Labute approximate surface area is 130 Å². The molecular weight excluding hydrogens is 314 g/mol. The lowest BCUT2D eigenvalue weighted by atomic mass is 10.2. The van der Waals surface area contributed by atoms with Crippen LogP contribution in [0.25, 0.3) is 0 Å². The Kier molecular flexibility index (Phi) is 5.01. The van der Waals surface area contributed by atoms with E-state index in [0.717, 1.165) is 10.1 Å². The maximum Gasteiger partial charge on any atom is 0.246 e. The lowest BCUT2D eigenvalue weighted by Gasteiger charge is -2.12. The Morgan fingerprint density at radius 2 is 2.05 bits per heavy atom. The number of aromatic nitrogens is 2. The van der Waals surface area contributed by atoms with Crippen molar-refractivity contribution in [3.8, 4) is 0 Å². The van der Waals surface area contributed by atoms with Crippen molar-refractivity contribution in [2.75, 3.05) is 5.32 Å². The van der Waals surface area contributed by atoms with E-state index in [1.165, 1.54) is 16.9 Å². The number of alkyl halides is 1. The van der Waals surface area contributed by atoms with E-state index in [9.17, 15) is 4.79 Å². The van der Waals surface area contributed by atoms with Crippen LogP contribution in [0.2, 0.25) is 0 Å². The van der Waals surface area contributed by atoms with Gasteiger partial charge in [0, 0.05) is 5.75 Å². The zero-order valence-corrected chi connectivity index (χ0v) is 13.5. The zero-order chi connectivity index (χ0) is 14.6. The first kappa shape index (κ1) is 15.3. The number of halogens is 1. The number of rotatable bonds is 5. The van der Waals surface area contributed by atoms with Crippen LogP contribution in [0.5, 0.6) is 0 Å². The van der Waals surface area contributed by atoms with Crippen LogP contribution in [0.3, 0.4) is 0 Å². The molecule has 1 N–H and O–H groups in total. The highest BCUT2D eigenvalue weighted by Crippen LogP contribution is 2.28. The predicted octanol–water partition coefficient (Wildman–Crippen LogP) is 3.79. The van der Waals surface area contributed by atoms with Crippen molar-refractivity contribution in [2.45, 2.75) is 28.8 Å². The summed E-state index contributed by atoms with van der Waals surface area (Å²) in [5, 5.41) is 11.1. The lowest BCUT2D eigenvalue weighted by Crippen LogP contribution is -2.31. The molecular formula is C13H14ClN3OS2. The van der Waals surface area contributed by atoms with Gasteiger partial charge in [-0.15, -0.1) is 21.8 Å². The molecule has 0 radical (unpaired) electrons. The molecule has 1 aromatic heterocycles. The fourth-order valence-corrected chi connectivity index (χ4v) is 3.03. The summed E-state index contributed by atoms with van der Waals surface area (Å²) in [6, 6.07) is 10.1. The molecule has 0 bridgehead atoms. The number of nitrogens with one attached hydrogen (secondary N) is 1. The van der Waals surface area contributed by atoms with E-state index < -0.39 is 4.87 Å². The minimum Gasteiger partial charge on any atom is -0.299 e. The summed E-state index contributed by atoms with van der Waals surface area (Å²) in [6.45, 7) is 3.27. The van der Waals surface area contributed by atoms with Gasteiger partial charge in [-0.1, -0.05) is 53.4 Å². The molecule has 4 nitrogen and oxygen atoms in total. The van der Waals surface area contributed by atoms with Crippen LogP contribution in [0, 0.1) is 0 Å². The van der Waals surface area contributed by atoms with E-state index in [4.69, 9.17) is 11.6 Å². The van der Waals surface area contributed by atoms with Crippen LogP contribution < -0.4 is 5.32 Å². The summed E-state index contributed by atoms with van der Waals surface area (Å²) in [4.78, 5) is 10.8. The van der Waals surface area contributed by atoms with Crippen LogP contribution in [-0.4, -0.2) is 21.0 Å². The molecule has 0 aliphatic heterocycles. The van der Waals surface area contributed by atoms with E-state index >= 15 is 0 Å². The number of thioether (sulfide) groups is 1. The van der Waals surface area contributed by atoms with Crippen LogP contribution in [0.4, 0.5) is 5.13 Å². The van der Waals surface area contributed by atoms with Crippen LogP contribution >= 0.6 is 34.7 Å². The average molecular weight is 328 g/mol. The summed E-state index contributed by atoms with van der Waals surface area (Å²) in [5.41, 5.74) is 1.22. The quantitative estimate of drug-likeness (QED) is 0.516. The van der Waals surface area contributed by atoms with E-state index in [1.54, 1.807) is 25.6 Å². The maximum absolute atomic E-state index is 11.7. The van der Waals surface area contributed by atoms with Gasteiger partial charge in [0.05, 0.1) is 0 Å². The number of nitrogens with zero attached hydrogens (tertiary/aromatic N) is 2. The largest absolute Gasteiger partial charge is 0.299 e. The molecule has 0 unspecified atom stereocenters. The van der Waals surface area contributed by atoms with Gasteiger partial charge in [0.2, 0.25) is 11.0 Å². The number of hydrogen-bond donors (Lipinski definition) is 1. The Morgan fingerprint density at radius 3 is 2.70 bits per heavy atom. The van der Waals surface area contributed by atoms with Gasteiger partial charge in [-0.2, -0.15) is 0 Å². The maximum atomic E-state index is 11.7. The van der Waals surface area contributed by atoms with Crippen molar-refractivity contribution >= 4 is 45.7 Å². The van der Waals surface area contributed by atoms with Gasteiger partial charge >= 0.3 is 0 Å². The molecule has 1 heterocycles. The summed E-state index contributed by atoms with van der Waals surface area (Å²) in [6.07, 6.45) is 0. The molecule has 0 saturated carbocycles. The molecule has 0 spiro atoms. The van der Waals surface area contributed by atoms with Crippen LogP contribution in [0.1, 0.15) is 19.4 Å². The first-order valence-electron chi connectivity index (χ1n) is 5.96. The Hall–Kier alpha value is -1.11. The van der Waals surface area contributed by atoms with E-state index in [2.05, 4.69) is 27.6 Å². The smallest absolute Gasteiger partial charge is 0.246 e. The summed E-state index contributed by atoms with van der Waals surface area (Å²) in [7, 11) is 0. The molecule has 106 valence electrons. The topological polar surface area (TPSA) is 54.9 Å². The molecule has 1 aromatic carbocycles. The first-order chi connectivity index (χ1) is 9.45. The summed E-state index contributed by atoms with van der Waals surface area (Å²) < 4.78 is 0.816. The second-order valence-electron chi connectivity index (χ2n) is 4.57. The average Bonchev–Trinajstić information content (AvgIpc) is 2.84. The van der Waals surface area contributed by atoms with Crippen LogP contribution in [-0.2, 0) is 10.5 Å². The molecule has 0 aliphatic rings. The molecule has 2 aromatic rings. The van der Waals surface area contributed by atoms with Crippen molar-refractivity contribution in [3.05, 3.63) is 35.9 Å². The third-order valence-corrected chi connectivity index (χ3v) is 4.59. The highest BCUT2D eigenvalue weighted by Gasteiger charge is 2.25. The van der Waals surface area contributed by atoms with Crippen LogP contribution in [0.15, 0.2) is 34.7 Å². The summed E-state index contributed by atoms with van der Waals surface area (Å²) in [5.74, 6) is 0.541. The van der Waals surface area contributed by atoms with E-state index in [-0.39, 0.29) is 5.91 Å². The fourth-order valence-electron chi connectivity index (χ4n) is 1.28. The van der Waals surface area contributed by atoms with E-state index in [0.29, 0.717) is 5.13 Å². The first-order valence-corrected chi connectivity index (χ1v) is 8.14. The van der Waals surface area contributed by atoms with Crippen molar-refractivity contribution in [1.29, 1.82) is 0 Å². The van der Waals surface area contributed by atoms with Gasteiger partial charge in [0.15, 0.2) is 4.34 Å². The number of anilines is 1. The standard InChI is InChI=1S/C13H14ClN3OS2/c1-13(2,14)10(18)15-11-16-17-12(20-11)19-8-9-6-4-3-5-7-9/h3-7H,8H2,1-2H3,(H,15,16,18). The number of carbonyl (C=O) groups is 1. The molecule has 0 saturated heterocycles. The molecule has 2 rings (SSSR count). The number of amides is 1. The number of carbonyl (C=O) groups excluding carboxylic acids is 1. The number of benzene rings is 1. The minimum atomic E-state index is -0.955. The monoisotopic (exact) mass is 327 g/mol. The Bertz CT molecular complexity index is 581. The molecule has 1 amide bonds. The van der Waals surface area contributed by atoms with Gasteiger partial charge in [0.25, 0.3) is 0 Å². The minimum absolute atomic E-state index is 0.282. The van der Waals surface area contributed by atoms with Gasteiger partial charge in [-0.25, -0.2) is 0 Å². The predicted molar refractivity (Wildman–Crippen MR) is 84.5 cm³/mol. The molecule has 20 heavy (non-hydrogen) atoms. The van der Waals surface area contributed by atoms with Gasteiger partial charge < -0.3 is 0 Å². The number of hydrogen-bond acceptors (Lipinski definition) is 5. The van der Waals surface area contributed by atoms with E-state index in [1.807, 2.05) is 18.2 Å². The van der Waals surface area contributed by atoms with Gasteiger partial charge in [-0.3, -0.25) is 10.1 Å². The Balaban J connectivity index is 1.91. The third-order valence-electron chi connectivity index (χ3n) is 2.37. The molecule has 0 atom stereocenters. The molecule has 0 aliphatic carbocycles. The van der Waals surface area contributed by atoms with Crippen molar-refractivity contribution in [3.63, 3.8) is 0 Å².